The van der Waals surface area contributed by atoms with Crippen LogP contribution in [0.2, 0.25) is 0 Å². The van der Waals surface area contributed by atoms with E-state index in [9.17, 15) is 13.2 Å². The lowest BCUT2D eigenvalue weighted by Crippen LogP contribution is -2.22. The van der Waals surface area contributed by atoms with Crippen LogP contribution in [-0.2, 0) is 0 Å². The molecule has 3 nitrogen and oxygen atoms in total. The summed E-state index contributed by atoms with van der Waals surface area (Å²) in [4.78, 5) is 0. The van der Waals surface area contributed by atoms with Crippen molar-refractivity contribution in [3.63, 3.8) is 0 Å². The van der Waals surface area contributed by atoms with E-state index >= 15 is 0 Å². The molecule has 0 fully saturated rings. The molecule has 1 aromatic carbocycles. The Kier molecular flexibility index (Phi) is 5.01. The average Bonchev–Trinajstić information content (AvgIpc) is 2.93. The minimum atomic E-state index is -4.14. The molecule has 21 heavy (non-hydrogen) atoms. The zero-order chi connectivity index (χ0) is 15.3. The number of halogens is 3. The van der Waals surface area contributed by atoms with E-state index in [1.165, 1.54) is 0 Å². The standard InChI is InChI=1S/C15H18F3N3/c1-2-19-14(8-9-15(16,17)18)12-10-20-21(11-12)13-6-4-3-5-7-13/h3-7,10-11,14,19H,2,8-9H2,1H3. The maximum Gasteiger partial charge on any atom is 0.389 e. The van der Waals surface area contributed by atoms with Crippen molar-refractivity contribution in [3.8, 4) is 5.69 Å². The van der Waals surface area contributed by atoms with Crippen LogP contribution in [-0.4, -0.2) is 22.5 Å². The van der Waals surface area contributed by atoms with Crippen LogP contribution in [0.15, 0.2) is 42.7 Å². The van der Waals surface area contributed by atoms with Gasteiger partial charge in [-0.2, -0.15) is 18.3 Å². The van der Waals surface area contributed by atoms with Gasteiger partial charge in [-0.1, -0.05) is 25.1 Å². The maximum absolute atomic E-state index is 12.4. The van der Waals surface area contributed by atoms with E-state index in [4.69, 9.17) is 0 Å². The van der Waals surface area contributed by atoms with Crippen molar-refractivity contribution in [3.05, 3.63) is 48.3 Å². The molecule has 0 amide bonds. The van der Waals surface area contributed by atoms with Gasteiger partial charge in [-0.25, -0.2) is 4.68 Å². The Hall–Kier alpha value is -1.82. The van der Waals surface area contributed by atoms with Gasteiger partial charge >= 0.3 is 6.18 Å². The third-order valence-corrected chi connectivity index (χ3v) is 3.19. The molecule has 2 rings (SSSR count). The summed E-state index contributed by atoms with van der Waals surface area (Å²) in [5.41, 5.74) is 1.65. The van der Waals surface area contributed by atoms with Crippen molar-refractivity contribution >= 4 is 0 Å². The van der Waals surface area contributed by atoms with Crippen molar-refractivity contribution in [2.24, 2.45) is 0 Å². The first-order chi connectivity index (χ1) is 9.99. The van der Waals surface area contributed by atoms with Gasteiger partial charge in [0.1, 0.15) is 0 Å². The number of hydrogen-bond acceptors (Lipinski definition) is 2. The Balaban J connectivity index is 2.12. The molecule has 1 unspecified atom stereocenters. The number of nitrogens with one attached hydrogen (secondary N) is 1. The van der Waals surface area contributed by atoms with Crippen LogP contribution in [0.25, 0.3) is 5.69 Å². The molecule has 0 aliphatic carbocycles. The zero-order valence-electron chi connectivity index (χ0n) is 11.8. The molecule has 0 aliphatic rings. The van der Waals surface area contributed by atoms with Crippen LogP contribution in [0.3, 0.4) is 0 Å². The smallest absolute Gasteiger partial charge is 0.310 e. The Bertz CT molecular complexity index is 549. The second-order valence-corrected chi connectivity index (χ2v) is 4.82. The van der Waals surface area contributed by atoms with E-state index in [1.807, 2.05) is 37.3 Å². The lowest BCUT2D eigenvalue weighted by atomic mass is 10.1. The minimum Gasteiger partial charge on any atom is -0.310 e. The molecule has 0 saturated carbocycles. The molecule has 1 N–H and O–H groups in total. The number of para-hydroxylation sites is 1. The fourth-order valence-corrected chi connectivity index (χ4v) is 2.18. The first-order valence-electron chi connectivity index (χ1n) is 6.89. The summed E-state index contributed by atoms with van der Waals surface area (Å²) in [6.45, 7) is 2.49. The number of rotatable bonds is 6. The monoisotopic (exact) mass is 297 g/mol. The van der Waals surface area contributed by atoms with Crippen LogP contribution >= 0.6 is 0 Å². The fourth-order valence-electron chi connectivity index (χ4n) is 2.18. The van der Waals surface area contributed by atoms with Crippen molar-refractivity contribution in [1.29, 1.82) is 0 Å². The molecule has 0 saturated heterocycles. The van der Waals surface area contributed by atoms with E-state index < -0.39 is 12.6 Å². The fraction of sp³-hybridized carbons (Fsp3) is 0.400. The molecular formula is C15H18F3N3. The van der Waals surface area contributed by atoms with Crippen LogP contribution < -0.4 is 5.32 Å². The van der Waals surface area contributed by atoms with Crippen molar-refractivity contribution in [2.45, 2.75) is 32.0 Å². The van der Waals surface area contributed by atoms with Gasteiger partial charge in [0.05, 0.1) is 11.9 Å². The third kappa shape index (κ3) is 4.60. The van der Waals surface area contributed by atoms with Crippen LogP contribution in [0, 0.1) is 0 Å². The van der Waals surface area contributed by atoms with Gasteiger partial charge in [-0.05, 0) is 25.1 Å². The molecule has 2 aromatic rings. The number of aromatic nitrogens is 2. The predicted octanol–water partition coefficient (Wildman–Crippen LogP) is 3.87. The highest BCUT2D eigenvalue weighted by Crippen LogP contribution is 2.27. The van der Waals surface area contributed by atoms with E-state index in [0.717, 1.165) is 11.3 Å². The largest absolute Gasteiger partial charge is 0.389 e. The summed E-state index contributed by atoms with van der Waals surface area (Å²) in [7, 11) is 0. The van der Waals surface area contributed by atoms with E-state index in [-0.39, 0.29) is 12.5 Å². The van der Waals surface area contributed by atoms with Crippen molar-refractivity contribution < 1.29 is 13.2 Å². The van der Waals surface area contributed by atoms with E-state index in [0.29, 0.717) is 6.54 Å². The lowest BCUT2D eigenvalue weighted by molar-refractivity contribution is -0.136. The summed E-state index contributed by atoms with van der Waals surface area (Å²) in [6.07, 6.45) is -1.53. The van der Waals surface area contributed by atoms with Gasteiger partial charge < -0.3 is 5.32 Å². The molecule has 0 bridgehead atoms. The summed E-state index contributed by atoms with van der Waals surface area (Å²) in [6, 6.07) is 9.14. The normalized spacial score (nSPS) is 13.3. The molecule has 6 heteroatoms. The van der Waals surface area contributed by atoms with Gasteiger partial charge in [0.15, 0.2) is 0 Å². The molecule has 1 atom stereocenters. The minimum absolute atomic E-state index is 0.0117. The average molecular weight is 297 g/mol. The van der Waals surface area contributed by atoms with Crippen LogP contribution in [0.4, 0.5) is 13.2 Å². The Morgan fingerprint density at radius 3 is 2.57 bits per heavy atom. The van der Waals surface area contributed by atoms with Gasteiger partial charge in [0.25, 0.3) is 0 Å². The van der Waals surface area contributed by atoms with Crippen LogP contribution in [0.5, 0.6) is 0 Å². The summed E-state index contributed by atoms with van der Waals surface area (Å²) < 4.78 is 38.9. The van der Waals surface area contributed by atoms with Gasteiger partial charge in [-0.3, -0.25) is 0 Å². The van der Waals surface area contributed by atoms with Crippen LogP contribution in [0.1, 0.15) is 31.4 Å². The van der Waals surface area contributed by atoms with Gasteiger partial charge in [-0.15, -0.1) is 0 Å². The molecule has 0 radical (unpaired) electrons. The molecule has 0 spiro atoms. The number of hydrogen-bond donors (Lipinski definition) is 1. The van der Waals surface area contributed by atoms with Gasteiger partial charge in [0.2, 0.25) is 0 Å². The summed E-state index contributed by atoms with van der Waals surface area (Å²) in [5.74, 6) is 0. The summed E-state index contributed by atoms with van der Waals surface area (Å²) >= 11 is 0. The second kappa shape index (κ2) is 6.76. The summed E-state index contributed by atoms with van der Waals surface area (Å²) in [5, 5.41) is 7.31. The highest BCUT2D eigenvalue weighted by Gasteiger charge is 2.28. The van der Waals surface area contributed by atoms with Gasteiger partial charge in [0, 0.05) is 24.2 Å². The molecular weight excluding hydrogens is 279 g/mol. The molecule has 1 heterocycles. The number of benzene rings is 1. The second-order valence-electron chi connectivity index (χ2n) is 4.82. The first-order valence-corrected chi connectivity index (χ1v) is 6.89. The molecule has 114 valence electrons. The lowest BCUT2D eigenvalue weighted by Gasteiger charge is -2.17. The topological polar surface area (TPSA) is 29.9 Å². The van der Waals surface area contributed by atoms with E-state index in [2.05, 4.69) is 10.4 Å². The Morgan fingerprint density at radius 2 is 1.95 bits per heavy atom. The van der Waals surface area contributed by atoms with E-state index in [1.54, 1.807) is 17.1 Å². The Morgan fingerprint density at radius 1 is 1.24 bits per heavy atom. The highest BCUT2D eigenvalue weighted by atomic mass is 19.4. The zero-order valence-corrected chi connectivity index (χ0v) is 11.8. The highest BCUT2D eigenvalue weighted by molar-refractivity contribution is 5.31. The third-order valence-electron chi connectivity index (χ3n) is 3.19. The molecule has 0 aliphatic heterocycles. The molecule has 1 aromatic heterocycles. The Labute approximate surface area is 121 Å². The van der Waals surface area contributed by atoms with Crippen molar-refractivity contribution in [2.75, 3.05) is 6.54 Å². The first kappa shape index (κ1) is 15.6. The predicted molar refractivity (Wildman–Crippen MR) is 75.3 cm³/mol. The number of alkyl halides is 3. The number of nitrogens with zero attached hydrogens (tertiary/aromatic N) is 2. The quantitative estimate of drug-likeness (QED) is 0.877. The maximum atomic E-state index is 12.4. The van der Waals surface area contributed by atoms with Crippen molar-refractivity contribution in [1.82, 2.24) is 15.1 Å². The SMILES string of the molecule is CCNC(CCC(F)(F)F)c1cnn(-c2ccccc2)c1.